The van der Waals surface area contributed by atoms with Crippen molar-refractivity contribution in [3.8, 4) is 0 Å². The van der Waals surface area contributed by atoms with E-state index >= 15 is 0 Å². The first-order valence-electron chi connectivity index (χ1n) is 9.34. The van der Waals surface area contributed by atoms with E-state index in [0.717, 1.165) is 26.0 Å². The molecule has 23 heavy (non-hydrogen) atoms. The van der Waals surface area contributed by atoms with Crippen molar-refractivity contribution >= 4 is 5.91 Å². The van der Waals surface area contributed by atoms with Crippen LogP contribution in [-0.2, 0) is 9.53 Å². The molecule has 5 heteroatoms. The van der Waals surface area contributed by atoms with Gasteiger partial charge in [0.1, 0.15) is 0 Å². The molecule has 2 fully saturated rings. The van der Waals surface area contributed by atoms with Crippen LogP contribution in [0.25, 0.3) is 0 Å². The number of amides is 1. The topological polar surface area (TPSA) is 36.0 Å². The summed E-state index contributed by atoms with van der Waals surface area (Å²) in [6.07, 6.45) is 3.60. The van der Waals surface area contributed by atoms with Crippen molar-refractivity contribution in [3.63, 3.8) is 0 Å². The Bertz CT molecular complexity index is 361. The van der Waals surface area contributed by atoms with Gasteiger partial charge in [-0.05, 0) is 25.8 Å². The highest BCUT2D eigenvalue weighted by molar-refractivity contribution is 5.78. The molecule has 1 aliphatic heterocycles. The molecule has 2 aliphatic rings. The van der Waals surface area contributed by atoms with Gasteiger partial charge in [0.05, 0.1) is 12.7 Å². The fourth-order valence-corrected chi connectivity index (χ4v) is 3.48. The highest BCUT2D eigenvalue weighted by Crippen LogP contribution is 2.28. The molecule has 0 spiro atoms. The van der Waals surface area contributed by atoms with Gasteiger partial charge in [0.15, 0.2) is 0 Å². The number of hydrogen-bond donors (Lipinski definition) is 0. The number of rotatable bonds is 8. The predicted octanol–water partition coefficient (Wildman–Crippen LogP) is 1.68. The van der Waals surface area contributed by atoms with Crippen LogP contribution < -0.4 is 0 Å². The molecule has 1 saturated carbocycles. The number of hydrogen-bond acceptors (Lipinski definition) is 4. The van der Waals surface area contributed by atoms with E-state index in [-0.39, 0.29) is 11.8 Å². The fraction of sp³-hybridized carbons (Fsp3) is 0.944. The minimum Gasteiger partial charge on any atom is -0.377 e. The Morgan fingerprint density at radius 2 is 1.70 bits per heavy atom. The number of carbonyl (C=O) groups is 1. The number of piperazine rings is 1. The highest BCUT2D eigenvalue weighted by Gasteiger charge is 2.35. The van der Waals surface area contributed by atoms with Gasteiger partial charge in [-0.3, -0.25) is 9.69 Å². The molecule has 0 aromatic carbocycles. The Hall–Kier alpha value is -0.650. The SMILES string of the molecule is CCCN1CCN(CCOC2CC(N(C)C(=O)C(C)C)C2)CC1. The van der Waals surface area contributed by atoms with Crippen LogP contribution in [0, 0.1) is 5.92 Å². The standard InChI is InChI=1S/C18H35N3O2/c1-5-6-20-7-9-21(10-8-20)11-12-23-17-13-16(14-17)19(4)18(22)15(2)3/h15-17H,5-14H2,1-4H3. The monoisotopic (exact) mass is 325 g/mol. The summed E-state index contributed by atoms with van der Waals surface area (Å²) in [5.74, 6) is 0.338. The summed E-state index contributed by atoms with van der Waals surface area (Å²) < 4.78 is 5.98. The molecule has 2 rings (SSSR count). The quantitative estimate of drug-likeness (QED) is 0.680. The van der Waals surface area contributed by atoms with Gasteiger partial charge >= 0.3 is 0 Å². The lowest BCUT2D eigenvalue weighted by Crippen LogP contribution is -2.51. The summed E-state index contributed by atoms with van der Waals surface area (Å²) in [7, 11) is 1.93. The minimum absolute atomic E-state index is 0.0892. The number of ether oxygens (including phenoxy) is 1. The molecule has 1 saturated heterocycles. The van der Waals surface area contributed by atoms with Crippen molar-refractivity contribution in [1.82, 2.24) is 14.7 Å². The molecule has 0 aromatic heterocycles. The van der Waals surface area contributed by atoms with Crippen LogP contribution in [0.5, 0.6) is 0 Å². The zero-order valence-corrected chi connectivity index (χ0v) is 15.5. The second-order valence-corrected chi connectivity index (χ2v) is 7.41. The normalized spacial score (nSPS) is 26.3. The Balaban J connectivity index is 1.53. The van der Waals surface area contributed by atoms with Crippen LogP contribution >= 0.6 is 0 Å². The van der Waals surface area contributed by atoms with Crippen molar-refractivity contribution in [2.45, 2.75) is 52.2 Å². The van der Waals surface area contributed by atoms with Crippen LogP contribution in [0.15, 0.2) is 0 Å². The Morgan fingerprint density at radius 1 is 1.13 bits per heavy atom. The largest absolute Gasteiger partial charge is 0.377 e. The Morgan fingerprint density at radius 3 is 2.22 bits per heavy atom. The molecule has 1 heterocycles. The number of carbonyl (C=O) groups excluding carboxylic acids is 1. The van der Waals surface area contributed by atoms with Gasteiger partial charge in [-0.1, -0.05) is 20.8 Å². The molecule has 134 valence electrons. The Kier molecular flexibility index (Phi) is 7.31. The zero-order chi connectivity index (χ0) is 16.8. The lowest BCUT2D eigenvalue weighted by molar-refractivity contribution is -0.140. The van der Waals surface area contributed by atoms with Crippen LogP contribution in [0.4, 0.5) is 0 Å². The maximum absolute atomic E-state index is 12.0. The average molecular weight is 325 g/mol. The van der Waals surface area contributed by atoms with Crippen LogP contribution in [0.1, 0.15) is 40.0 Å². The van der Waals surface area contributed by atoms with E-state index in [1.54, 1.807) is 0 Å². The van der Waals surface area contributed by atoms with E-state index < -0.39 is 0 Å². The summed E-state index contributed by atoms with van der Waals surface area (Å²) in [6.45, 7) is 14.0. The summed E-state index contributed by atoms with van der Waals surface area (Å²) >= 11 is 0. The number of nitrogens with zero attached hydrogens (tertiary/aromatic N) is 3. The lowest BCUT2D eigenvalue weighted by Gasteiger charge is -2.42. The Labute approximate surface area is 141 Å². The maximum atomic E-state index is 12.0. The van der Waals surface area contributed by atoms with Gasteiger partial charge in [0, 0.05) is 51.7 Å². The van der Waals surface area contributed by atoms with E-state index in [0.29, 0.717) is 12.1 Å². The third-order valence-electron chi connectivity index (χ3n) is 5.22. The van der Waals surface area contributed by atoms with Crippen molar-refractivity contribution in [1.29, 1.82) is 0 Å². The van der Waals surface area contributed by atoms with E-state index in [9.17, 15) is 4.79 Å². The molecular formula is C18H35N3O2. The van der Waals surface area contributed by atoms with Crippen LogP contribution in [0.2, 0.25) is 0 Å². The molecule has 0 bridgehead atoms. The predicted molar refractivity (Wildman–Crippen MR) is 93.5 cm³/mol. The van der Waals surface area contributed by atoms with E-state index in [1.807, 2.05) is 25.8 Å². The third-order valence-corrected chi connectivity index (χ3v) is 5.22. The van der Waals surface area contributed by atoms with E-state index in [1.165, 1.54) is 39.1 Å². The van der Waals surface area contributed by atoms with Gasteiger partial charge in [0.2, 0.25) is 5.91 Å². The van der Waals surface area contributed by atoms with Gasteiger partial charge in [-0.2, -0.15) is 0 Å². The minimum atomic E-state index is 0.0892. The molecule has 5 nitrogen and oxygen atoms in total. The molecule has 1 amide bonds. The first kappa shape index (κ1) is 18.7. The fourth-order valence-electron chi connectivity index (χ4n) is 3.48. The first-order chi connectivity index (χ1) is 11.0. The van der Waals surface area contributed by atoms with Gasteiger partial charge < -0.3 is 14.5 Å². The molecule has 1 aliphatic carbocycles. The molecule has 0 aromatic rings. The van der Waals surface area contributed by atoms with Crippen LogP contribution in [-0.4, -0.2) is 85.7 Å². The first-order valence-corrected chi connectivity index (χ1v) is 9.34. The summed E-state index contributed by atoms with van der Waals surface area (Å²) in [4.78, 5) is 18.9. The smallest absolute Gasteiger partial charge is 0.225 e. The van der Waals surface area contributed by atoms with Gasteiger partial charge in [0.25, 0.3) is 0 Å². The second kappa shape index (κ2) is 9.00. The average Bonchev–Trinajstić information content (AvgIpc) is 2.50. The van der Waals surface area contributed by atoms with E-state index in [4.69, 9.17) is 4.74 Å². The molecule has 0 unspecified atom stereocenters. The third kappa shape index (κ3) is 5.44. The maximum Gasteiger partial charge on any atom is 0.225 e. The second-order valence-electron chi connectivity index (χ2n) is 7.41. The van der Waals surface area contributed by atoms with Crippen molar-refractivity contribution < 1.29 is 9.53 Å². The van der Waals surface area contributed by atoms with Crippen molar-refractivity contribution in [2.24, 2.45) is 5.92 Å². The van der Waals surface area contributed by atoms with Gasteiger partial charge in [-0.15, -0.1) is 0 Å². The summed E-state index contributed by atoms with van der Waals surface area (Å²) in [5.41, 5.74) is 0. The van der Waals surface area contributed by atoms with Crippen molar-refractivity contribution in [3.05, 3.63) is 0 Å². The van der Waals surface area contributed by atoms with Crippen molar-refractivity contribution in [2.75, 3.05) is 52.9 Å². The molecule has 0 radical (unpaired) electrons. The van der Waals surface area contributed by atoms with Crippen LogP contribution in [0.3, 0.4) is 0 Å². The zero-order valence-electron chi connectivity index (χ0n) is 15.5. The lowest BCUT2D eigenvalue weighted by atomic mass is 9.87. The molecule has 0 N–H and O–H groups in total. The molecular weight excluding hydrogens is 290 g/mol. The van der Waals surface area contributed by atoms with E-state index in [2.05, 4.69) is 16.7 Å². The highest BCUT2D eigenvalue weighted by atomic mass is 16.5. The molecule has 0 atom stereocenters. The van der Waals surface area contributed by atoms with Gasteiger partial charge in [-0.25, -0.2) is 0 Å². The summed E-state index contributed by atoms with van der Waals surface area (Å²) in [6, 6.07) is 0.382. The summed E-state index contributed by atoms with van der Waals surface area (Å²) in [5, 5.41) is 0.